The van der Waals surface area contributed by atoms with Crippen molar-refractivity contribution in [1.29, 1.82) is 0 Å². The Kier molecular flexibility index (Phi) is 7.02. The minimum Gasteiger partial charge on any atom is -0.314 e. The summed E-state index contributed by atoms with van der Waals surface area (Å²) in [6, 6.07) is 8.41. The number of pyridine rings is 1. The van der Waals surface area contributed by atoms with E-state index in [-0.39, 0.29) is 17.3 Å². The Hall–Kier alpha value is -2.38. The molecule has 1 aliphatic carbocycles. The van der Waals surface area contributed by atoms with Crippen LogP contribution < -0.4 is 5.32 Å². The molecule has 0 spiro atoms. The fourth-order valence-corrected chi connectivity index (χ4v) is 4.87. The van der Waals surface area contributed by atoms with Gasteiger partial charge in [0.25, 0.3) is 0 Å². The maximum atomic E-state index is 11.8. The normalized spacial score (nSPS) is 23.3. The SMILES string of the molecule is O=C1CC(=O)/C(=C/c2ccnc(CC3CCC(NCCc4ccccn4)CC3)n2)S1. The van der Waals surface area contributed by atoms with E-state index >= 15 is 0 Å². The molecule has 0 bridgehead atoms. The fraction of sp³-hybridized carbons (Fsp3) is 0.435. The smallest absolute Gasteiger partial charge is 0.201 e. The number of ketones is 1. The minimum atomic E-state index is -0.112. The quantitative estimate of drug-likeness (QED) is 0.541. The van der Waals surface area contributed by atoms with Crippen LogP contribution in [-0.4, -0.2) is 38.4 Å². The van der Waals surface area contributed by atoms with Gasteiger partial charge in [-0.05, 0) is 67.6 Å². The van der Waals surface area contributed by atoms with Crippen LogP contribution in [0.3, 0.4) is 0 Å². The molecule has 156 valence electrons. The van der Waals surface area contributed by atoms with Gasteiger partial charge in [0.05, 0.1) is 17.0 Å². The summed E-state index contributed by atoms with van der Waals surface area (Å²) in [5.74, 6) is 1.29. The summed E-state index contributed by atoms with van der Waals surface area (Å²) in [4.78, 5) is 37.1. The van der Waals surface area contributed by atoms with Crippen LogP contribution in [0, 0.1) is 5.92 Å². The molecule has 0 aromatic carbocycles. The number of carbonyl (C=O) groups is 2. The third kappa shape index (κ3) is 5.83. The van der Waals surface area contributed by atoms with Crippen molar-refractivity contribution in [3.63, 3.8) is 0 Å². The molecule has 4 rings (SSSR count). The van der Waals surface area contributed by atoms with Crippen molar-refractivity contribution < 1.29 is 9.59 Å². The highest BCUT2D eigenvalue weighted by Crippen LogP contribution is 2.30. The Balaban J connectivity index is 1.24. The maximum Gasteiger partial charge on any atom is 0.201 e. The van der Waals surface area contributed by atoms with E-state index in [2.05, 4.69) is 26.3 Å². The zero-order chi connectivity index (χ0) is 20.8. The summed E-state index contributed by atoms with van der Waals surface area (Å²) in [5, 5.41) is 3.58. The first-order chi connectivity index (χ1) is 14.7. The Morgan fingerprint density at radius 2 is 1.93 bits per heavy atom. The number of thioether (sulfide) groups is 1. The number of aromatic nitrogens is 3. The Bertz CT molecular complexity index is 924. The molecular weight excluding hydrogens is 396 g/mol. The number of nitrogens with zero attached hydrogens (tertiary/aromatic N) is 3. The molecule has 2 aromatic heterocycles. The van der Waals surface area contributed by atoms with Crippen LogP contribution in [0.4, 0.5) is 0 Å². The van der Waals surface area contributed by atoms with E-state index in [4.69, 9.17) is 0 Å². The van der Waals surface area contributed by atoms with Crippen LogP contribution in [0.25, 0.3) is 6.08 Å². The summed E-state index contributed by atoms with van der Waals surface area (Å²) in [6.45, 7) is 0.964. The molecule has 1 saturated carbocycles. The van der Waals surface area contributed by atoms with Gasteiger partial charge in [-0.15, -0.1) is 0 Å². The van der Waals surface area contributed by atoms with Crippen LogP contribution in [0.2, 0.25) is 0 Å². The summed E-state index contributed by atoms with van der Waals surface area (Å²) in [7, 11) is 0. The fourth-order valence-electron chi connectivity index (χ4n) is 4.05. The van der Waals surface area contributed by atoms with Gasteiger partial charge in [-0.1, -0.05) is 6.07 Å². The van der Waals surface area contributed by atoms with Gasteiger partial charge in [-0.25, -0.2) is 9.97 Å². The predicted molar refractivity (Wildman–Crippen MR) is 118 cm³/mol. The number of rotatable bonds is 7. The topological polar surface area (TPSA) is 84.8 Å². The summed E-state index contributed by atoms with van der Waals surface area (Å²) in [6.07, 6.45) is 11.8. The molecule has 2 aromatic rings. The first kappa shape index (κ1) is 20.9. The monoisotopic (exact) mass is 422 g/mol. The Labute approximate surface area is 181 Å². The van der Waals surface area contributed by atoms with Crippen LogP contribution in [0.5, 0.6) is 0 Å². The van der Waals surface area contributed by atoms with E-state index < -0.39 is 0 Å². The van der Waals surface area contributed by atoms with E-state index in [1.165, 1.54) is 25.7 Å². The van der Waals surface area contributed by atoms with E-state index in [9.17, 15) is 9.59 Å². The lowest BCUT2D eigenvalue weighted by Gasteiger charge is -2.29. The lowest BCUT2D eigenvalue weighted by atomic mass is 9.84. The first-order valence-electron chi connectivity index (χ1n) is 10.6. The van der Waals surface area contributed by atoms with Gasteiger partial charge < -0.3 is 5.32 Å². The minimum absolute atomic E-state index is 0.00637. The third-order valence-corrected chi connectivity index (χ3v) is 6.61. The van der Waals surface area contributed by atoms with Gasteiger partial charge in [0.2, 0.25) is 5.12 Å². The van der Waals surface area contributed by atoms with Crippen molar-refractivity contribution in [2.75, 3.05) is 6.54 Å². The molecule has 6 nitrogen and oxygen atoms in total. The maximum absolute atomic E-state index is 11.8. The predicted octanol–water partition coefficient (Wildman–Crippen LogP) is 3.38. The zero-order valence-electron chi connectivity index (χ0n) is 16.9. The van der Waals surface area contributed by atoms with Crippen LogP contribution >= 0.6 is 11.8 Å². The Morgan fingerprint density at radius 3 is 2.67 bits per heavy atom. The molecule has 0 atom stereocenters. The van der Waals surface area contributed by atoms with E-state index in [1.807, 2.05) is 18.3 Å². The third-order valence-electron chi connectivity index (χ3n) is 5.67. The number of Topliss-reactive ketones (excluding diaryl/α,β-unsaturated/α-hetero) is 1. The van der Waals surface area contributed by atoms with Crippen molar-refractivity contribution in [2.24, 2.45) is 5.92 Å². The second-order valence-electron chi connectivity index (χ2n) is 7.93. The van der Waals surface area contributed by atoms with Crippen molar-refractivity contribution in [3.05, 3.63) is 58.8 Å². The second kappa shape index (κ2) is 10.1. The number of hydrogen-bond donors (Lipinski definition) is 1. The Morgan fingerprint density at radius 1 is 1.07 bits per heavy atom. The van der Waals surface area contributed by atoms with E-state index in [0.29, 0.717) is 22.6 Å². The van der Waals surface area contributed by atoms with Crippen molar-refractivity contribution in [3.8, 4) is 0 Å². The van der Waals surface area contributed by atoms with Gasteiger partial charge in [0.1, 0.15) is 5.82 Å². The van der Waals surface area contributed by atoms with Crippen molar-refractivity contribution >= 4 is 28.7 Å². The lowest BCUT2D eigenvalue weighted by molar-refractivity contribution is -0.119. The van der Waals surface area contributed by atoms with Gasteiger partial charge in [-0.2, -0.15) is 0 Å². The largest absolute Gasteiger partial charge is 0.314 e. The van der Waals surface area contributed by atoms with Crippen LogP contribution in [0.1, 0.15) is 49.3 Å². The van der Waals surface area contributed by atoms with Gasteiger partial charge >= 0.3 is 0 Å². The lowest BCUT2D eigenvalue weighted by Crippen LogP contribution is -2.35. The van der Waals surface area contributed by atoms with Gasteiger partial charge in [-0.3, -0.25) is 14.6 Å². The molecule has 0 unspecified atom stereocenters. The van der Waals surface area contributed by atoms with Crippen LogP contribution in [0.15, 0.2) is 41.6 Å². The van der Waals surface area contributed by atoms with Gasteiger partial charge in [0, 0.05) is 43.5 Å². The molecular formula is C23H26N4O2S. The molecule has 1 saturated heterocycles. The summed E-state index contributed by atoms with van der Waals surface area (Å²) < 4.78 is 0. The van der Waals surface area contributed by atoms with Crippen molar-refractivity contribution in [2.45, 2.75) is 51.0 Å². The van der Waals surface area contributed by atoms with E-state index in [0.717, 1.165) is 42.7 Å². The molecule has 30 heavy (non-hydrogen) atoms. The average Bonchev–Trinajstić information content (AvgIpc) is 3.07. The number of hydrogen-bond acceptors (Lipinski definition) is 7. The molecule has 0 amide bonds. The molecule has 0 radical (unpaired) electrons. The molecule has 2 aliphatic rings. The molecule has 2 fully saturated rings. The van der Waals surface area contributed by atoms with E-state index in [1.54, 1.807) is 18.3 Å². The highest BCUT2D eigenvalue weighted by atomic mass is 32.2. The second-order valence-corrected chi connectivity index (χ2v) is 9.03. The van der Waals surface area contributed by atoms with Gasteiger partial charge in [0.15, 0.2) is 5.78 Å². The molecule has 1 aliphatic heterocycles. The number of carbonyl (C=O) groups excluding carboxylic acids is 2. The molecule has 7 heteroatoms. The zero-order valence-corrected chi connectivity index (χ0v) is 17.7. The first-order valence-corrected chi connectivity index (χ1v) is 11.4. The van der Waals surface area contributed by atoms with Crippen molar-refractivity contribution in [1.82, 2.24) is 20.3 Å². The van der Waals surface area contributed by atoms with Crippen LogP contribution in [-0.2, 0) is 22.4 Å². The standard InChI is InChI=1S/C23H26N4O2S/c28-20-15-23(29)30-21(20)14-19-9-12-26-22(27-19)13-16-4-6-18(7-5-16)25-11-8-17-3-1-2-10-24-17/h1-3,9-10,12,14,16,18,25H,4-8,11,13,15H2/b21-14-. The molecule has 3 heterocycles. The number of allylic oxidation sites excluding steroid dienone is 1. The number of nitrogens with one attached hydrogen (secondary N) is 1. The average molecular weight is 423 g/mol. The summed E-state index contributed by atoms with van der Waals surface area (Å²) >= 11 is 1.02. The highest BCUT2D eigenvalue weighted by Gasteiger charge is 2.26. The molecule has 1 N–H and O–H groups in total. The highest BCUT2D eigenvalue weighted by molar-refractivity contribution is 8.18. The summed E-state index contributed by atoms with van der Waals surface area (Å²) in [5.41, 5.74) is 1.84.